The van der Waals surface area contributed by atoms with Gasteiger partial charge in [0.2, 0.25) is 11.8 Å². The number of nitrogens with zero attached hydrogens (tertiary/aromatic N) is 1. The maximum Gasteiger partial charge on any atom is 0.243 e. The average Bonchev–Trinajstić information content (AvgIpc) is 2.79. The Bertz CT molecular complexity index is 1140. The van der Waals surface area contributed by atoms with Crippen LogP contribution in [-0.2, 0) is 29.0 Å². The molecule has 4 nitrogen and oxygen atoms in total. The van der Waals surface area contributed by atoms with Crippen LogP contribution >= 0.6 is 23.2 Å². The number of hydrogen-bond acceptors (Lipinski definition) is 2. The van der Waals surface area contributed by atoms with E-state index in [0.717, 1.165) is 5.56 Å². The normalized spacial score (nSPS) is 12.2. The van der Waals surface area contributed by atoms with E-state index in [2.05, 4.69) is 5.32 Å². The monoisotopic (exact) mass is 514 g/mol. The molecule has 0 aromatic heterocycles. The molecule has 0 aliphatic heterocycles. The van der Waals surface area contributed by atoms with Crippen molar-refractivity contribution in [3.8, 4) is 0 Å². The fraction of sp³-hybridized carbons (Fsp3) is 0.286. The van der Waals surface area contributed by atoms with Gasteiger partial charge in [-0.2, -0.15) is 0 Å². The fourth-order valence-corrected chi connectivity index (χ4v) is 4.28. The molecule has 0 fully saturated rings. The minimum Gasteiger partial charge on any atom is -0.350 e. The molecule has 3 aromatic rings. The van der Waals surface area contributed by atoms with Crippen molar-refractivity contribution in [2.75, 3.05) is 0 Å². The van der Waals surface area contributed by atoms with Gasteiger partial charge in [-0.05, 0) is 61.7 Å². The van der Waals surface area contributed by atoms with Gasteiger partial charge in [0.25, 0.3) is 0 Å². The van der Waals surface area contributed by atoms with Gasteiger partial charge >= 0.3 is 0 Å². The molecule has 1 atom stereocenters. The van der Waals surface area contributed by atoms with Crippen LogP contribution in [0.5, 0.6) is 0 Å². The van der Waals surface area contributed by atoms with Crippen molar-refractivity contribution in [1.29, 1.82) is 0 Å². The Balaban J connectivity index is 2.02. The molecule has 0 aliphatic carbocycles. The van der Waals surface area contributed by atoms with Gasteiger partial charge in [-0.3, -0.25) is 9.59 Å². The lowest BCUT2D eigenvalue weighted by molar-refractivity contribution is -0.141. The van der Waals surface area contributed by atoms with Crippen LogP contribution in [0.1, 0.15) is 37.5 Å². The fourth-order valence-electron chi connectivity index (χ4n) is 3.75. The van der Waals surface area contributed by atoms with Crippen molar-refractivity contribution in [2.24, 2.45) is 0 Å². The molecule has 184 valence electrons. The molecule has 0 bridgehead atoms. The maximum absolute atomic E-state index is 13.7. The van der Waals surface area contributed by atoms with Crippen LogP contribution in [0.25, 0.3) is 0 Å². The minimum absolute atomic E-state index is 0.0756. The lowest BCUT2D eigenvalue weighted by Crippen LogP contribution is -2.54. The van der Waals surface area contributed by atoms with Gasteiger partial charge in [0, 0.05) is 28.5 Å². The summed E-state index contributed by atoms with van der Waals surface area (Å²) in [4.78, 5) is 28.8. The number of carbonyl (C=O) groups excluding carboxylic acids is 2. The Morgan fingerprint density at radius 3 is 2.06 bits per heavy atom. The van der Waals surface area contributed by atoms with Crippen LogP contribution < -0.4 is 5.32 Å². The highest BCUT2D eigenvalue weighted by molar-refractivity contribution is 6.36. The predicted molar refractivity (Wildman–Crippen MR) is 139 cm³/mol. The largest absolute Gasteiger partial charge is 0.350 e. The highest BCUT2D eigenvalue weighted by atomic mass is 35.5. The number of carbonyl (C=O) groups is 2. The van der Waals surface area contributed by atoms with E-state index >= 15 is 0 Å². The van der Waals surface area contributed by atoms with Crippen LogP contribution in [0.3, 0.4) is 0 Å². The number of nitrogens with one attached hydrogen (secondary N) is 1. The molecular formula is C28H29Cl2FN2O2. The summed E-state index contributed by atoms with van der Waals surface area (Å²) < 4.78 is 13.5. The van der Waals surface area contributed by atoms with E-state index in [9.17, 15) is 14.0 Å². The van der Waals surface area contributed by atoms with E-state index in [1.165, 1.54) is 17.0 Å². The Kier molecular flexibility index (Phi) is 8.92. The zero-order chi connectivity index (χ0) is 25.6. The van der Waals surface area contributed by atoms with Gasteiger partial charge in [0.05, 0.1) is 6.42 Å². The summed E-state index contributed by atoms with van der Waals surface area (Å²) >= 11 is 12.7. The molecule has 0 aliphatic rings. The quantitative estimate of drug-likeness (QED) is 0.387. The smallest absolute Gasteiger partial charge is 0.243 e. The molecule has 7 heteroatoms. The number of benzene rings is 3. The molecule has 1 N–H and O–H groups in total. The van der Waals surface area contributed by atoms with Gasteiger partial charge in [0.1, 0.15) is 11.9 Å². The summed E-state index contributed by atoms with van der Waals surface area (Å²) in [6, 6.07) is 19.7. The summed E-state index contributed by atoms with van der Waals surface area (Å²) in [6.45, 7) is 5.79. The standard InChI is InChI=1S/C28H29Cl2FN2O2/c1-28(2,3)32-27(35)25(16-19-8-5-4-6-9-19)33(18-20-12-14-21(31)15-13-20)26(34)17-22-23(29)10-7-11-24(22)30/h4-15,25H,16-18H2,1-3H3,(H,32,35). The SMILES string of the molecule is CC(C)(C)NC(=O)C(Cc1ccccc1)N(Cc1ccc(F)cc1)C(=O)Cc1c(Cl)cccc1Cl. The molecule has 0 spiro atoms. The Labute approximate surface area is 216 Å². The average molecular weight is 515 g/mol. The Morgan fingerprint density at radius 2 is 1.49 bits per heavy atom. The number of amides is 2. The third-order valence-corrected chi connectivity index (χ3v) is 6.13. The lowest BCUT2D eigenvalue weighted by Gasteiger charge is -2.34. The van der Waals surface area contributed by atoms with Crippen molar-refractivity contribution in [1.82, 2.24) is 10.2 Å². The molecule has 2 amide bonds. The highest BCUT2D eigenvalue weighted by Gasteiger charge is 2.32. The first-order valence-electron chi connectivity index (χ1n) is 11.4. The van der Waals surface area contributed by atoms with Gasteiger partial charge < -0.3 is 10.2 Å². The first-order chi connectivity index (χ1) is 16.5. The lowest BCUT2D eigenvalue weighted by atomic mass is 9.99. The van der Waals surface area contributed by atoms with E-state index in [1.807, 2.05) is 51.1 Å². The highest BCUT2D eigenvalue weighted by Crippen LogP contribution is 2.26. The number of halogens is 3. The summed E-state index contributed by atoms with van der Waals surface area (Å²) in [7, 11) is 0. The second-order valence-electron chi connectivity index (χ2n) is 9.47. The summed E-state index contributed by atoms with van der Waals surface area (Å²) in [5.74, 6) is -0.961. The van der Waals surface area contributed by atoms with Gasteiger partial charge in [-0.25, -0.2) is 4.39 Å². The van der Waals surface area contributed by atoms with E-state index in [1.54, 1.807) is 30.3 Å². The minimum atomic E-state index is -0.810. The van der Waals surface area contributed by atoms with Crippen LogP contribution in [0.2, 0.25) is 10.0 Å². The van der Waals surface area contributed by atoms with Crippen molar-refractivity contribution in [2.45, 2.75) is 51.7 Å². The molecular weight excluding hydrogens is 486 g/mol. The third-order valence-electron chi connectivity index (χ3n) is 5.43. The molecule has 0 radical (unpaired) electrons. The predicted octanol–water partition coefficient (Wildman–Crippen LogP) is 6.23. The number of hydrogen-bond donors (Lipinski definition) is 1. The molecule has 0 heterocycles. The molecule has 1 unspecified atom stereocenters. The molecule has 0 saturated carbocycles. The van der Waals surface area contributed by atoms with E-state index in [-0.39, 0.29) is 30.6 Å². The van der Waals surface area contributed by atoms with Crippen molar-refractivity contribution >= 4 is 35.0 Å². The van der Waals surface area contributed by atoms with Gasteiger partial charge in [-0.1, -0.05) is 71.7 Å². The Hall–Kier alpha value is -2.89. The molecule has 35 heavy (non-hydrogen) atoms. The van der Waals surface area contributed by atoms with E-state index < -0.39 is 11.6 Å². The van der Waals surface area contributed by atoms with Gasteiger partial charge in [-0.15, -0.1) is 0 Å². The first-order valence-corrected chi connectivity index (χ1v) is 12.1. The van der Waals surface area contributed by atoms with E-state index in [4.69, 9.17) is 23.2 Å². The second-order valence-corrected chi connectivity index (χ2v) is 10.3. The van der Waals surface area contributed by atoms with Crippen molar-refractivity contribution < 1.29 is 14.0 Å². The first kappa shape index (κ1) is 26.7. The van der Waals surface area contributed by atoms with Crippen molar-refractivity contribution in [3.63, 3.8) is 0 Å². The zero-order valence-corrected chi connectivity index (χ0v) is 21.5. The molecule has 3 rings (SSSR count). The summed E-state index contributed by atoms with van der Waals surface area (Å²) in [5, 5.41) is 3.77. The topological polar surface area (TPSA) is 49.4 Å². The number of rotatable bonds is 8. The Morgan fingerprint density at radius 1 is 0.886 bits per heavy atom. The summed E-state index contributed by atoms with van der Waals surface area (Å²) in [5.41, 5.74) is 1.61. The molecule has 0 saturated heterocycles. The van der Waals surface area contributed by atoms with E-state index in [0.29, 0.717) is 27.6 Å². The molecule has 3 aromatic carbocycles. The van der Waals surface area contributed by atoms with Gasteiger partial charge in [0.15, 0.2) is 0 Å². The van der Waals surface area contributed by atoms with Crippen LogP contribution in [0, 0.1) is 5.82 Å². The van der Waals surface area contributed by atoms with Crippen LogP contribution in [0.15, 0.2) is 72.8 Å². The summed E-state index contributed by atoms with van der Waals surface area (Å²) in [6.07, 6.45) is 0.236. The third kappa shape index (κ3) is 7.81. The van der Waals surface area contributed by atoms with Crippen LogP contribution in [-0.4, -0.2) is 28.3 Å². The second kappa shape index (κ2) is 11.7. The maximum atomic E-state index is 13.7. The van der Waals surface area contributed by atoms with Crippen molar-refractivity contribution in [3.05, 3.63) is 105 Å². The van der Waals surface area contributed by atoms with Crippen LogP contribution in [0.4, 0.5) is 4.39 Å². The zero-order valence-electron chi connectivity index (χ0n) is 20.0.